The highest BCUT2D eigenvalue weighted by molar-refractivity contribution is 7.94. The molecular formula is C27H30N6O5S2. The molecule has 1 saturated carbocycles. The van der Waals surface area contributed by atoms with E-state index in [4.69, 9.17) is 0 Å². The van der Waals surface area contributed by atoms with E-state index in [0.29, 0.717) is 28.0 Å². The average molecular weight is 583 g/mol. The van der Waals surface area contributed by atoms with E-state index in [1.54, 1.807) is 31.2 Å². The van der Waals surface area contributed by atoms with Gasteiger partial charge in [0, 0.05) is 34.3 Å². The summed E-state index contributed by atoms with van der Waals surface area (Å²) in [7, 11) is -7.94. The molecule has 0 unspecified atom stereocenters. The number of anilines is 2. The van der Waals surface area contributed by atoms with Crippen molar-refractivity contribution in [3.63, 3.8) is 0 Å². The van der Waals surface area contributed by atoms with Gasteiger partial charge in [-0.2, -0.15) is 13.7 Å². The summed E-state index contributed by atoms with van der Waals surface area (Å²) < 4.78 is 57.3. The van der Waals surface area contributed by atoms with Crippen molar-refractivity contribution in [3.05, 3.63) is 59.5 Å². The van der Waals surface area contributed by atoms with Crippen LogP contribution in [0.15, 0.2) is 63.5 Å². The number of hydrogen-bond donors (Lipinski definition) is 3. The fourth-order valence-electron chi connectivity index (χ4n) is 4.69. The molecule has 210 valence electrons. The lowest BCUT2D eigenvalue weighted by atomic mass is 9.95. The fraction of sp³-hybridized carbons (Fsp3) is 0.333. The summed E-state index contributed by atoms with van der Waals surface area (Å²) in [5, 5.41) is 26.7. The Morgan fingerprint density at radius 3 is 2.42 bits per heavy atom. The van der Waals surface area contributed by atoms with E-state index < -0.39 is 20.0 Å². The Bertz CT molecular complexity index is 1720. The molecule has 40 heavy (non-hydrogen) atoms. The Hall–Kier alpha value is -3.86. The van der Waals surface area contributed by atoms with E-state index in [0.717, 1.165) is 31.1 Å². The summed E-state index contributed by atoms with van der Waals surface area (Å²) in [4.78, 5) is 4.38. The molecule has 0 aliphatic heterocycles. The topological polar surface area (TPSA) is 174 Å². The Morgan fingerprint density at radius 1 is 1.07 bits per heavy atom. The second-order valence-electron chi connectivity index (χ2n) is 9.51. The normalized spacial score (nSPS) is 14.7. The quantitative estimate of drug-likeness (QED) is 0.197. The largest absolute Gasteiger partial charge is 0.367 e. The van der Waals surface area contributed by atoms with Crippen LogP contribution in [0.5, 0.6) is 0 Å². The first kappa shape index (κ1) is 29.1. The van der Waals surface area contributed by atoms with Gasteiger partial charge in [-0.15, -0.1) is 10.2 Å². The molecule has 1 heterocycles. The Labute approximate surface area is 233 Å². The summed E-state index contributed by atoms with van der Waals surface area (Å²) >= 11 is 0. The van der Waals surface area contributed by atoms with Crippen LogP contribution in [0.2, 0.25) is 0 Å². The van der Waals surface area contributed by atoms with Crippen LogP contribution in [0.1, 0.15) is 43.2 Å². The number of aromatic nitrogens is 1. The van der Waals surface area contributed by atoms with E-state index in [2.05, 4.69) is 38.5 Å². The van der Waals surface area contributed by atoms with Crippen molar-refractivity contribution in [1.29, 1.82) is 5.26 Å². The number of pyridine rings is 1. The highest BCUT2D eigenvalue weighted by Gasteiger charge is 2.22. The molecule has 1 aliphatic rings. The van der Waals surface area contributed by atoms with Gasteiger partial charge in [-0.3, -0.25) is 4.55 Å². The summed E-state index contributed by atoms with van der Waals surface area (Å²) in [5.41, 5.74) is 1.36. The zero-order valence-corrected chi connectivity index (χ0v) is 23.6. The average Bonchev–Trinajstić information content (AvgIpc) is 2.92. The molecule has 1 fully saturated rings. The standard InChI is InChI=1S/C27H30N6O5S2/c1-3-39(34,35)16-15-29-27-25(18(2)22(17-28)26(31-27)30-19-9-5-4-6-10-19)33-32-23-13-14-24(40(36,37)38)21-12-8-7-11-20(21)23/h3,7-8,11-14,19H,1,4-6,9-10,15-16H2,2H3,(H2,29,30,31)(H,36,37,38)/b33-32+. The van der Waals surface area contributed by atoms with Crippen LogP contribution in [0.25, 0.3) is 10.8 Å². The third-order valence-electron chi connectivity index (χ3n) is 6.80. The van der Waals surface area contributed by atoms with Crippen LogP contribution >= 0.6 is 0 Å². The molecule has 0 spiro atoms. The Kier molecular flexibility index (Phi) is 8.82. The predicted octanol–water partition coefficient (Wildman–Crippen LogP) is 5.79. The zero-order chi connectivity index (χ0) is 28.9. The summed E-state index contributed by atoms with van der Waals surface area (Å²) in [6, 6.07) is 11.6. The van der Waals surface area contributed by atoms with Crippen molar-refractivity contribution in [2.45, 2.75) is 50.0 Å². The van der Waals surface area contributed by atoms with Crippen LogP contribution in [-0.4, -0.2) is 44.7 Å². The van der Waals surface area contributed by atoms with Gasteiger partial charge >= 0.3 is 0 Å². The van der Waals surface area contributed by atoms with E-state index in [1.807, 2.05) is 0 Å². The van der Waals surface area contributed by atoms with Crippen molar-refractivity contribution in [2.75, 3.05) is 22.9 Å². The second-order valence-corrected chi connectivity index (χ2v) is 13.0. The van der Waals surface area contributed by atoms with E-state index in [1.165, 1.54) is 18.6 Å². The van der Waals surface area contributed by atoms with Gasteiger partial charge in [0.2, 0.25) is 0 Å². The molecule has 13 heteroatoms. The Balaban J connectivity index is 1.79. The molecule has 0 atom stereocenters. The molecule has 2 aromatic carbocycles. The molecule has 11 nitrogen and oxygen atoms in total. The van der Waals surface area contributed by atoms with E-state index in [-0.39, 0.29) is 40.1 Å². The van der Waals surface area contributed by atoms with Gasteiger partial charge in [-0.05, 0) is 31.9 Å². The van der Waals surface area contributed by atoms with Gasteiger partial charge in [-0.25, -0.2) is 13.4 Å². The molecule has 3 N–H and O–H groups in total. The maximum Gasteiger partial charge on any atom is 0.295 e. The number of fused-ring (bicyclic) bond motifs is 1. The molecule has 0 amide bonds. The highest BCUT2D eigenvalue weighted by Crippen LogP contribution is 2.37. The lowest BCUT2D eigenvalue weighted by Gasteiger charge is -2.25. The smallest absolute Gasteiger partial charge is 0.295 e. The molecule has 1 aromatic heterocycles. The van der Waals surface area contributed by atoms with Gasteiger partial charge in [0.15, 0.2) is 15.7 Å². The molecule has 0 saturated heterocycles. The fourth-order valence-corrected chi connectivity index (χ4v) is 5.94. The van der Waals surface area contributed by atoms with Gasteiger partial charge in [0.25, 0.3) is 10.1 Å². The minimum absolute atomic E-state index is 0.0179. The number of benzene rings is 2. The first-order valence-corrected chi connectivity index (χ1v) is 15.9. The second kappa shape index (κ2) is 12.1. The number of nitriles is 1. The third-order valence-corrected chi connectivity index (χ3v) is 9.00. The maximum absolute atomic E-state index is 12.0. The van der Waals surface area contributed by atoms with Crippen molar-refractivity contribution < 1.29 is 21.4 Å². The predicted molar refractivity (Wildman–Crippen MR) is 155 cm³/mol. The molecular weight excluding hydrogens is 552 g/mol. The van der Waals surface area contributed by atoms with Gasteiger partial charge in [-0.1, -0.05) is 50.1 Å². The molecule has 3 aromatic rings. The number of rotatable bonds is 10. The van der Waals surface area contributed by atoms with Crippen LogP contribution in [-0.2, 0) is 20.0 Å². The summed E-state index contributed by atoms with van der Waals surface area (Å²) in [6.07, 6.45) is 5.25. The van der Waals surface area contributed by atoms with Crippen LogP contribution < -0.4 is 10.6 Å². The van der Waals surface area contributed by atoms with Crippen LogP contribution in [0.4, 0.5) is 23.0 Å². The van der Waals surface area contributed by atoms with Gasteiger partial charge in [0.1, 0.15) is 22.5 Å². The number of hydrogen-bond acceptors (Lipinski definition) is 10. The number of nitrogens with one attached hydrogen (secondary N) is 2. The minimum Gasteiger partial charge on any atom is -0.367 e. The van der Waals surface area contributed by atoms with Crippen molar-refractivity contribution in [3.8, 4) is 6.07 Å². The first-order valence-electron chi connectivity index (χ1n) is 12.8. The molecule has 0 bridgehead atoms. The third kappa shape index (κ3) is 6.64. The number of azo groups is 1. The van der Waals surface area contributed by atoms with Crippen LogP contribution in [0.3, 0.4) is 0 Å². The molecule has 1 aliphatic carbocycles. The van der Waals surface area contributed by atoms with Crippen LogP contribution in [0, 0.1) is 18.3 Å². The molecule has 4 rings (SSSR count). The van der Waals surface area contributed by atoms with E-state index >= 15 is 0 Å². The molecule has 0 radical (unpaired) electrons. The first-order chi connectivity index (χ1) is 19.0. The number of nitrogens with zero attached hydrogens (tertiary/aromatic N) is 4. The van der Waals surface area contributed by atoms with E-state index in [9.17, 15) is 26.7 Å². The summed E-state index contributed by atoms with van der Waals surface area (Å²) in [6.45, 7) is 5.07. The lowest BCUT2D eigenvalue weighted by molar-refractivity contribution is 0.462. The minimum atomic E-state index is -4.47. The highest BCUT2D eigenvalue weighted by atomic mass is 32.2. The van der Waals surface area contributed by atoms with Crippen molar-refractivity contribution in [2.24, 2.45) is 10.2 Å². The van der Waals surface area contributed by atoms with Crippen molar-refractivity contribution >= 4 is 53.7 Å². The Morgan fingerprint density at radius 2 is 1.77 bits per heavy atom. The maximum atomic E-state index is 12.0. The zero-order valence-electron chi connectivity index (χ0n) is 22.0. The SMILES string of the molecule is C=CS(=O)(=O)CCNc1nc(NC2CCCCC2)c(C#N)c(C)c1/N=N/c1ccc(S(=O)(=O)O)c2ccccc12. The monoisotopic (exact) mass is 582 g/mol. The van der Waals surface area contributed by atoms with Gasteiger partial charge < -0.3 is 10.6 Å². The van der Waals surface area contributed by atoms with Gasteiger partial charge in [0.05, 0.1) is 17.0 Å². The summed E-state index contributed by atoms with van der Waals surface area (Å²) in [5.74, 6) is 0.417. The lowest BCUT2D eigenvalue weighted by Crippen LogP contribution is -2.24. The van der Waals surface area contributed by atoms with Crippen molar-refractivity contribution in [1.82, 2.24) is 4.98 Å². The number of sulfone groups is 1.